The number of para-hydroxylation sites is 2. The average Bonchev–Trinajstić information content (AvgIpc) is 2.87. The molecule has 30 heavy (non-hydrogen) atoms. The van der Waals surface area contributed by atoms with Crippen molar-refractivity contribution < 1.29 is 14.0 Å². The Labute approximate surface area is 177 Å². The van der Waals surface area contributed by atoms with Crippen molar-refractivity contribution in [2.45, 2.75) is 6.42 Å². The predicted octanol–water partition coefficient (Wildman–Crippen LogP) is 4.98. The first-order chi connectivity index (χ1) is 14.5. The third-order valence-electron chi connectivity index (χ3n) is 4.65. The van der Waals surface area contributed by atoms with E-state index in [4.69, 9.17) is 11.6 Å². The number of amides is 2. The number of nitrogens with zero attached hydrogens (tertiary/aromatic N) is 2. The molecule has 2 amide bonds. The van der Waals surface area contributed by atoms with Crippen LogP contribution in [0.1, 0.15) is 12.0 Å². The number of rotatable bonds is 4. The zero-order chi connectivity index (χ0) is 21.1. The molecule has 150 valence electrons. The number of benzene rings is 3. The van der Waals surface area contributed by atoms with Crippen LogP contribution in [0.5, 0.6) is 0 Å². The number of anilines is 2. The summed E-state index contributed by atoms with van der Waals surface area (Å²) in [5, 5.41) is 3.33. The number of carbonyl (C=O) groups is 2. The van der Waals surface area contributed by atoms with Gasteiger partial charge >= 0.3 is 0 Å². The molecule has 3 aromatic carbocycles. The molecular formula is C23H17ClFN3O2. The fourth-order valence-electron chi connectivity index (χ4n) is 3.20. The average molecular weight is 422 g/mol. The molecular weight excluding hydrogens is 405 g/mol. The van der Waals surface area contributed by atoms with Crippen LogP contribution in [-0.4, -0.2) is 24.1 Å². The van der Waals surface area contributed by atoms with Crippen LogP contribution in [-0.2, 0) is 9.59 Å². The smallest absolute Gasteiger partial charge is 0.244 e. The molecule has 0 aliphatic carbocycles. The SMILES string of the molecule is O=C(CN1C(=O)CC(c2ccc(F)cc2)=Nc2ccccc21)Nc1ccc(Cl)cc1. The molecule has 0 radical (unpaired) electrons. The molecule has 0 spiro atoms. The second-order valence-electron chi connectivity index (χ2n) is 6.77. The normalized spacial score (nSPS) is 13.3. The third-order valence-corrected chi connectivity index (χ3v) is 4.91. The minimum atomic E-state index is -0.361. The Kier molecular flexibility index (Phi) is 5.59. The van der Waals surface area contributed by atoms with Crippen molar-refractivity contribution in [3.8, 4) is 0 Å². The van der Waals surface area contributed by atoms with E-state index < -0.39 is 0 Å². The quantitative estimate of drug-likeness (QED) is 0.646. The Morgan fingerprint density at radius 3 is 2.47 bits per heavy atom. The standard InChI is InChI=1S/C23H17ClFN3O2/c24-16-7-11-18(12-8-16)26-22(29)14-28-21-4-2-1-3-19(21)27-20(13-23(28)30)15-5-9-17(25)10-6-15/h1-12H,13-14H2,(H,26,29). The highest BCUT2D eigenvalue weighted by Crippen LogP contribution is 2.32. The zero-order valence-corrected chi connectivity index (χ0v) is 16.6. The predicted molar refractivity (Wildman–Crippen MR) is 116 cm³/mol. The minimum absolute atomic E-state index is 0.00542. The Balaban J connectivity index is 1.60. The van der Waals surface area contributed by atoms with Crippen LogP contribution >= 0.6 is 11.6 Å². The summed E-state index contributed by atoms with van der Waals surface area (Å²) in [6.07, 6.45) is -0.00542. The maximum absolute atomic E-state index is 13.3. The molecule has 5 nitrogen and oxygen atoms in total. The third kappa shape index (κ3) is 4.39. The second kappa shape index (κ2) is 8.47. The van der Waals surface area contributed by atoms with Crippen molar-refractivity contribution in [1.29, 1.82) is 0 Å². The Morgan fingerprint density at radius 2 is 1.73 bits per heavy atom. The fourth-order valence-corrected chi connectivity index (χ4v) is 3.33. The lowest BCUT2D eigenvalue weighted by Crippen LogP contribution is -2.38. The van der Waals surface area contributed by atoms with E-state index in [9.17, 15) is 14.0 Å². The molecule has 3 aromatic rings. The molecule has 0 fully saturated rings. The van der Waals surface area contributed by atoms with Gasteiger partial charge in [0.15, 0.2) is 0 Å². The molecule has 1 aliphatic heterocycles. The van der Waals surface area contributed by atoms with E-state index in [2.05, 4.69) is 10.3 Å². The van der Waals surface area contributed by atoms with E-state index >= 15 is 0 Å². The number of halogens is 2. The van der Waals surface area contributed by atoms with Gasteiger partial charge in [0.1, 0.15) is 12.4 Å². The van der Waals surface area contributed by atoms with Crippen LogP contribution in [0, 0.1) is 5.82 Å². The molecule has 0 bridgehead atoms. The van der Waals surface area contributed by atoms with Crippen LogP contribution in [0.3, 0.4) is 0 Å². The highest BCUT2D eigenvalue weighted by Gasteiger charge is 2.26. The van der Waals surface area contributed by atoms with E-state index in [1.807, 2.05) is 6.07 Å². The molecule has 0 saturated carbocycles. The highest BCUT2D eigenvalue weighted by molar-refractivity contribution is 6.30. The van der Waals surface area contributed by atoms with E-state index in [1.165, 1.54) is 17.0 Å². The molecule has 0 aromatic heterocycles. The first-order valence-corrected chi connectivity index (χ1v) is 9.66. The van der Waals surface area contributed by atoms with Gasteiger partial charge < -0.3 is 10.2 Å². The number of aliphatic imine (C=N–C) groups is 1. The largest absolute Gasteiger partial charge is 0.325 e. The molecule has 1 heterocycles. The Hall–Kier alpha value is -3.51. The van der Waals surface area contributed by atoms with E-state index in [0.29, 0.717) is 33.4 Å². The Bertz CT molecular complexity index is 1130. The maximum Gasteiger partial charge on any atom is 0.244 e. The van der Waals surface area contributed by atoms with Crippen LogP contribution < -0.4 is 10.2 Å². The molecule has 1 N–H and O–H groups in total. The fraction of sp³-hybridized carbons (Fsp3) is 0.0870. The van der Waals surface area contributed by atoms with Gasteiger partial charge in [0.2, 0.25) is 11.8 Å². The van der Waals surface area contributed by atoms with Gasteiger partial charge in [-0.25, -0.2) is 4.39 Å². The maximum atomic E-state index is 13.3. The van der Waals surface area contributed by atoms with Crippen LogP contribution in [0.4, 0.5) is 21.5 Å². The van der Waals surface area contributed by atoms with Gasteiger partial charge in [0.05, 0.1) is 23.5 Å². The molecule has 1 aliphatic rings. The summed E-state index contributed by atoms with van der Waals surface area (Å²) in [6, 6.07) is 19.7. The number of carbonyl (C=O) groups excluding carboxylic acids is 2. The van der Waals surface area contributed by atoms with Gasteiger partial charge in [-0.15, -0.1) is 0 Å². The summed E-state index contributed by atoms with van der Waals surface area (Å²) >= 11 is 5.87. The topological polar surface area (TPSA) is 61.8 Å². The summed E-state index contributed by atoms with van der Waals surface area (Å²) in [5.74, 6) is -0.972. The monoisotopic (exact) mass is 421 g/mol. The second-order valence-corrected chi connectivity index (χ2v) is 7.20. The first-order valence-electron chi connectivity index (χ1n) is 9.28. The number of hydrogen-bond donors (Lipinski definition) is 1. The number of hydrogen-bond acceptors (Lipinski definition) is 3. The van der Waals surface area contributed by atoms with Crippen LogP contribution in [0.2, 0.25) is 5.02 Å². The number of fused-ring (bicyclic) bond motifs is 1. The van der Waals surface area contributed by atoms with Gasteiger partial charge in [0.25, 0.3) is 0 Å². The molecule has 0 saturated heterocycles. The van der Waals surface area contributed by atoms with Crippen molar-refractivity contribution >= 4 is 46.2 Å². The summed E-state index contributed by atoms with van der Waals surface area (Å²) < 4.78 is 13.3. The first kappa shape index (κ1) is 19.8. The lowest BCUT2D eigenvalue weighted by Gasteiger charge is -2.22. The van der Waals surface area contributed by atoms with Gasteiger partial charge in [0, 0.05) is 10.7 Å². The van der Waals surface area contributed by atoms with Crippen molar-refractivity contribution in [2.75, 3.05) is 16.8 Å². The van der Waals surface area contributed by atoms with Gasteiger partial charge in [-0.1, -0.05) is 35.9 Å². The van der Waals surface area contributed by atoms with E-state index in [1.54, 1.807) is 54.6 Å². The van der Waals surface area contributed by atoms with Crippen molar-refractivity contribution in [3.63, 3.8) is 0 Å². The van der Waals surface area contributed by atoms with Crippen molar-refractivity contribution in [1.82, 2.24) is 0 Å². The minimum Gasteiger partial charge on any atom is -0.325 e. The lowest BCUT2D eigenvalue weighted by molar-refractivity contribution is -0.120. The van der Waals surface area contributed by atoms with Crippen LogP contribution in [0.25, 0.3) is 0 Å². The molecule has 0 unspecified atom stereocenters. The van der Waals surface area contributed by atoms with Gasteiger partial charge in [-0.3, -0.25) is 14.6 Å². The van der Waals surface area contributed by atoms with Crippen LogP contribution in [0.15, 0.2) is 77.8 Å². The van der Waals surface area contributed by atoms with Crippen molar-refractivity contribution in [3.05, 3.63) is 89.2 Å². The molecule has 7 heteroatoms. The van der Waals surface area contributed by atoms with Gasteiger partial charge in [-0.05, 0) is 54.1 Å². The van der Waals surface area contributed by atoms with Crippen molar-refractivity contribution in [2.24, 2.45) is 4.99 Å². The summed E-state index contributed by atoms with van der Waals surface area (Å²) in [7, 11) is 0. The van der Waals surface area contributed by atoms with E-state index in [0.717, 1.165) is 0 Å². The highest BCUT2D eigenvalue weighted by atomic mass is 35.5. The summed E-state index contributed by atoms with van der Waals surface area (Å²) in [5.41, 5.74) is 2.89. The lowest BCUT2D eigenvalue weighted by atomic mass is 10.1. The van der Waals surface area contributed by atoms with Gasteiger partial charge in [-0.2, -0.15) is 0 Å². The Morgan fingerprint density at radius 1 is 1.03 bits per heavy atom. The molecule has 4 rings (SSSR count). The zero-order valence-electron chi connectivity index (χ0n) is 15.8. The number of nitrogens with one attached hydrogen (secondary N) is 1. The molecule has 0 atom stereocenters. The summed E-state index contributed by atoms with van der Waals surface area (Å²) in [6.45, 7) is -0.162. The van der Waals surface area contributed by atoms with E-state index in [-0.39, 0.29) is 30.6 Å². The summed E-state index contributed by atoms with van der Waals surface area (Å²) in [4.78, 5) is 31.7.